The summed E-state index contributed by atoms with van der Waals surface area (Å²) in [6.45, 7) is 0.490. The second kappa shape index (κ2) is 3.99. The fourth-order valence-corrected chi connectivity index (χ4v) is 1.64. The van der Waals surface area contributed by atoms with Crippen LogP contribution in [0.5, 0.6) is 5.75 Å². The monoisotopic (exact) mass is 205 g/mol. The van der Waals surface area contributed by atoms with E-state index in [1.807, 2.05) is 0 Å². The van der Waals surface area contributed by atoms with E-state index in [1.165, 1.54) is 12.1 Å². The summed E-state index contributed by atoms with van der Waals surface area (Å²) in [5.41, 5.74) is 6.15. The van der Waals surface area contributed by atoms with Crippen molar-refractivity contribution < 1.29 is 5.11 Å². The first-order valence-corrected chi connectivity index (χ1v) is 4.27. The van der Waals surface area contributed by atoms with E-state index in [9.17, 15) is 0 Å². The number of nitrogens with two attached hydrogens (primary N) is 1. The molecule has 0 aliphatic rings. The van der Waals surface area contributed by atoms with Crippen LogP contribution in [0.1, 0.15) is 5.56 Å². The van der Waals surface area contributed by atoms with Crippen LogP contribution in [0, 0.1) is 0 Å². The van der Waals surface area contributed by atoms with E-state index in [-0.39, 0.29) is 5.75 Å². The van der Waals surface area contributed by atoms with E-state index in [0.717, 1.165) is 5.56 Å². The third kappa shape index (κ3) is 2.03. The average molecular weight is 206 g/mol. The molecule has 4 heteroatoms. The molecule has 0 atom stereocenters. The van der Waals surface area contributed by atoms with Gasteiger partial charge in [0.25, 0.3) is 0 Å². The summed E-state index contributed by atoms with van der Waals surface area (Å²) < 4.78 is 0. The van der Waals surface area contributed by atoms with Crippen molar-refractivity contribution in [3.63, 3.8) is 0 Å². The van der Waals surface area contributed by atoms with Crippen LogP contribution in [0.4, 0.5) is 0 Å². The van der Waals surface area contributed by atoms with Crippen LogP contribution < -0.4 is 5.73 Å². The quantitative estimate of drug-likeness (QED) is 0.779. The predicted molar refractivity (Wildman–Crippen MR) is 50.9 cm³/mol. The van der Waals surface area contributed by atoms with Crippen molar-refractivity contribution in [2.24, 2.45) is 5.73 Å². The highest BCUT2D eigenvalue weighted by Crippen LogP contribution is 2.29. The number of phenols is 1. The zero-order valence-electron chi connectivity index (χ0n) is 6.35. The Labute approximate surface area is 80.9 Å². The Hall–Kier alpha value is -0.440. The summed E-state index contributed by atoms with van der Waals surface area (Å²) in [4.78, 5) is 0. The van der Waals surface area contributed by atoms with Gasteiger partial charge >= 0.3 is 0 Å². The van der Waals surface area contributed by atoms with Crippen LogP contribution in [0.3, 0.4) is 0 Å². The van der Waals surface area contributed by atoms with Crippen LogP contribution in [-0.2, 0) is 6.42 Å². The molecule has 0 spiro atoms. The summed E-state index contributed by atoms with van der Waals surface area (Å²) >= 11 is 11.6. The van der Waals surface area contributed by atoms with Crippen molar-refractivity contribution in [3.05, 3.63) is 27.7 Å². The largest absolute Gasteiger partial charge is 0.508 e. The van der Waals surface area contributed by atoms with Gasteiger partial charge in [0, 0.05) is 10.0 Å². The highest BCUT2D eigenvalue weighted by molar-refractivity contribution is 6.36. The molecular formula is C8H9Cl2NO. The molecule has 12 heavy (non-hydrogen) atoms. The summed E-state index contributed by atoms with van der Waals surface area (Å²) in [6, 6.07) is 2.91. The molecular weight excluding hydrogens is 197 g/mol. The maximum atomic E-state index is 9.09. The molecule has 0 heterocycles. The van der Waals surface area contributed by atoms with Gasteiger partial charge in [0.2, 0.25) is 0 Å². The number of halogens is 2. The SMILES string of the molecule is NCCc1c(Cl)cc(O)cc1Cl. The summed E-state index contributed by atoms with van der Waals surface area (Å²) in [5.74, 6) is 0.0748. The lowest BCUT2D eigenvalue weighted by Gasteiger charge is -2.05. The average Bonchev–Trinajstić information content (AvgIpc) is 1.96. The first kappa shape index (κ1) is 9.65. The second-order valence-corrected chi connectivity index (χ2v) is 3.24. The number of benzene rings is 1. The molecule has 0 aliphatic heterocycles. The second-order valence-electron chi connectivity index (χ2n) is 2.43. The maximum absolute atomic E-state index is 9.09. The summed E-state index contributed by atoms with van der Waals surface area (Å²) in [5, 5.41) is 10.0. The Kier molecular flexibility index (Phi) is 3.20. The Balaban J connectivity index is 3.10. The van der Waals surface area contributed by atoms with E-state index in [2.05, 4.69) is 0 Å². The smallest absolute Gasteiger partial charge is 0.118 e. The van der Waals surface area contributed by atoms with Crippen LogP contribution in [0.2, 0.25) is 10.0 Å². The van der Waals surface area contributed by atoms with E-state index >= 15 is 0 Å². The van der Waals surface area contributed by atoms with Gasteiger partial charge in [-0.15, -0.1) is 0 Å². The molecule has 1 rings (SSSR count). The van der Waals surface area contributed by atoms with E-state index < -0.39 is 0 Å². The minimum absolute atomic E-state index is 0.0748. The fourth-order valence-electron chi connectivity index (χ4n) is 0.973. The van der Waals surface area contributed by atoms with Crippen molar-refractivity contribution in [3.8, 4) is 5.75 Å². The topological polar surface area (TPSA) is 46.2 Å². The van der Waals surface area contributed by atoms with E-state index in [1.54, 1.807) is 0 Å². The minimum Gasteiger partial charge on any atom is -0.508 e. The predicted octanol–water partition coefficient (Wildman–Crippen LogP) is 2.20. The van der Waals surface area contributed by atoms with Crippen LogP contribution in [-0.4, -0.2) is 11.7 Å². The van der Waals surface area contributed by atoms with Crippen LogP contribution in [0.25, 0.3) is 0 Å². The normalized spacial score (nSPS) is 10.2. The fraction of sp³-hybridized carbons (Fsp3) is 0.250. The van der Waals surface area contributed by atoms with Crippen molar-refractivity contribution >= 4 is 23.2 Å². The molecule has 0 fully saturated rings. The molecule has 0 saturated carbocycles. The van der Waals surface area contributed by atoms with Crippen molar-refractivity contribution in [1.29, 1.82) is 0 Å². The van der Waals surface area contributed by atoms with Crippen LogP contribution in [0.15, 0.2) is 12.1 Å². The third-order valence-electron chi connectivity index (χ3n) is 1.52. The van der Waals surface area contributed by atoms with Gasteiger partial charge in [-0.05, 0) is 30.7 Å². The molecule has 2 nitrogen and oxygen atoms in total. The third-order valence-corrected chi connectivity index (χ3v) is 2.19. The van der Waals surface area contributed by atoms with Gasteiger partial charge in [0.05, 0.1) is 0 Å². The zero-order valence-corrected chi connectivity index (χ0v) is 7.86. The van der Waals surface area contributed by atoms with Gasteiger partial charge in [-0.25, -0.2) is 0 Å². The molecule has 0 saturated heterocycles. The van der Waals surface area contributed by atoms with Gasteiger partial charge in [-0.1, -0.05) is 23.2 Å². The van der Waals surface area contributed by atoms with Crippen molar-refractivity contribution in [2.75, 3.05) is 6.54 Å². The Bertz CT molecular complexity index is 265. The van der Waals surface area contributed by atoms with Gasteiger partial charge in [-0.2, -0.15) is 0 Å². The van der Waals surface area contributed by atoms with Crippen LogP contribution >= 0.6 is 23.2 Å². The Morgan fingerprint density at radius 3 is 2.17 bits per heavy atom. The molecule has 0 aliphatic carbocycles. The van der Waals surface area contributed by atoms with Gasteiger partial charge in [0.1, 0.15) is 5.75 Å². The van der Waals surface area contributed by atoms with Crippen molar-refractivity contribution in [1.82, 2.24) is 0 Å². The highest BCUT2D eigenvalue weighted by Gasteiger charge is 2.06. The molecule has 0 unspecified atom stereocenters. The summed E-state index contributed by atoms with van der Waals surface area (Å²) in [7, 11) is 0. The number of rotatable bonds is 2. The lowest BCUT2D eigenvalue weighted by molar-refractivity contribution is 0.475. The number of phenolic OH excluding ortho intramolecular Hbond substituents is 1. The number of aromatic hydroxyl groups is 1. The van der Waals surface area contributed by atoms with Gasteiger partial charge in [-0.3, -0.25) is 0 Å². The first-order chi connectivity index (χ1) is 5.65. The molecule has 0 aromatic heterocycles. The molecule has 3 N–H and O–H groups in total. The van der Waals surface area contributed by atoms with Crippen molar-refractivity contribution in [2.45, 2.75) is 6.42 Å². The Morgan fingerprint density at radius 1 is 1.25 bits per heavy atom. The molecule has 0 amide bonds. The minimum atomic E-state index is 0.0748. The van der Waals surface area contributed by atoms with Gasteiger partial charge in [0.15, 0.2) is 0 Å². The zero-order chi connectivity index (χ0) is 9.14. The molecule has 1 aromatic carbocycles. The number of hydrogen-bond acceptors (Lipinski definition) is 2. The lowest BCUT2D eigenvalue weighted by atomic mass is 10.1. The van der Waals surface area contributed by atoms with E-state index in [4.69, 9.17) is 34.0 Å². The van der Waals surface area contributed by atoms with Gasteiger partial charge < -0.3 is 10.8 Å². The lowest BCUT2D eigenvalue weighted by Crippen LogP contribution is -2.03. The molecule has 0 radical (unpaired) electrons. The van der Waals surface area contributed by atoms with E-state index in [0.29, 0.717) is 23.0 Å². The molecule has 1 aromatic rings. The standard InChI is InChI=1S/C8H9Cl2NO/c9-7-3-5(12)4-8(10)6(7)1-2-11/h3-4,12H,1-2,11H2. The maximum Gasteiger partial charge on any atom is 0.118 e. The highest BCUT2D eigenvalue weighted by atomic mass is 35.5. The molecule has 0 bridgehead atoms. The Morgan fingerprint density at radius 2 is 1.75 bits per heavy atom. The first-order valence-electron chi connectivity index (χ1n) is 3.52. The molecule has 66 valence electrons. The number of hydrogen-bond donors (Lipinski definition) is 2. The summed E-state index contributed by atoms with van der Waals surface area (Å²) in [6.07, 6.45) is 0.623.